The summed E-state index contributed by atoms with van der Waals surface area (Å²) in [6, 6.07) is 8.62. The maximum absolute atomic E-state index is 10.5. The van der Waals surface area contributed by atoms with Gasteiger partial charge in [-0.05, 0) is 48.1 Å². The van der Waals surface area contributed by atoms with E-state index in [-0.39, 0.29) is 6.10 Å². The third-order valence-electron chi connectivity index (χ3n) is 4.39. The topological polar surface area (TPSA) is 20.2 Å². The molecule has 0 spiro atoms. The van der Waals surface area contributed by atoms with Gasteiger partial charge in [-0.15, -0.1) is 0 Å². The molecule has 0 bridgehead atoms. The molecule has 1 aromatic carbocycles. The minimum atomic E-state index is -0.268. The maximum Gasteiger partial charge on any atom is 0.0818 e. The largest absolute Gasteiger partial charge is 0.388 e. The third-order valence-corrected chi connectivity index (χ3v) is 4.39. The van der Waals surface area contributed by atoms with Crippen molar-refractivity contribution in [2.75, 3.05) is 0 Å². The van der Waals surface area contributed by atoms with Crippen LogP contribution in [0.1, 0.15) is 63.7 Å². The van der Waals surface area contributed by atoms with Crippen molar-refractivity contribution >= 4 is 0 Å². The highest BCUT2D eigenvalue weighted by atomic mass is 16.3. The highest BCUT2D eigenvalue weighted by Gasteiger charge is 2.26. The Bertz CT molecular complexity index is 379. The van der Waals surface area contributed by atoms with Crippen LogP contribution in [-0.2, 0) is 6.42 Å². The van der Waals surface area contributed by atoms with Gasteiger partial charge < -0.3 is 5.11 Å². The molecule has 1 N–H and O–H groups in total. The van der Waals surface area contributed by atoms with E-state index >= 15 is 0 Å². The molecule has 1 aromatic rings. The Kier molecular flexibility index (Phi) is 5.04. The van der Waals surface area contributed by atoms with Gasteiger partial charge in [0.15, 0.2) is 0 Å². The SMILES string of the molecule is CC(C)Cc1ccc(C(O)C2CCCC(C)C2)cc1. The lowest BCUT2D eigenvalue weighted by Gasteiger charge is -2.30. The lowest BCUT2D eigenvalue weighted by molar-refractivity contribution is 0.0714. The molecule has 1 heteroatoms. The van der Waals surface area contributed by atoms with Gasteiger partial charge in [0.25, 0.3) is 0 Å². The fourth-order valence-electron chi connectivity index (χ4n) is 3.36. The second-order valence-electron chi connectivity index (χ2n) is 6.82. The first-order chi connectivity index (χ1) is 9.06. The van der Waals surface area contributed by atoms with Crippen LogP contribution in [0.15, 0.2) is 24.3 Å². The zero-order valence-corrected chi connectivity index (χ0v) is 12.6. The standard InChI is InChI=1S/C18H28O/c1-13(2)11-15-7-9-16(10-8-15)18(19)17-6-4-5-14(3)12-17/h7-10,13-14,17-19H,4-6,11-12H2,1-3H3. The van der Waals surface area contributed by atoms with Crippen molar-refractivity contribution in [1.82, 2.24) is 0 Å². The van der Waals surface area contributed by atoms with Crippen LogP contribution < -0.4 is 0 Å². The highest BCUT2D eigenvalue weighted by Crippen LogP contribution is 2.37. The van der Waals surface area contributed by atoms with Crippen molar-refractivity contribution < 1.29 is 5.11 Å². The van der Waals surface area contributed by atoms with Crippen LogP contribution in [0.25, 0.3) is 0 Å². The van der Waals surface area contributed by atoms with Crippen LogP contribution in [0.2, 0.25) is 0 Å². The summed E-state index contributed by atoms with van der Waals surface area (Å²) in [6.45, 7) is 6.79. The second-order valence-corrected chi connectivity index (χ2v) is 6.82. The predicted molar refractivity (Wildman–Crippen MR) is 81.1 cm³/mol. The highest BCUT2D eigenvalue weighted by molar-refractivity contribution is 5.25. The van der Waals surface area contributed by atoms with Gasteiger partial charge in [0.05, 0.1) is 6.10 Å². The molecule has 0 saturated heterocycles. The Morgan fingerprint density at radius 3 is 2.42 bits per heavy atom. The van der Waals surface area contributed by atoms with Gasteiger partial charge in [0, 0.05) is 0 Å². The van der Waals surface area contributed by atoms with Gasteiger partial charge in [0.2, 0.25) is 0 Å². The van der Waals surface area contributed by atoms with Crippen molar-refractivity contribution in [1.29, 1.82) is 0 Å². The van der Waals surface area contributed by atoms with Crippen LogP contribution in [-0.4, -0.2) is 5.11 Å². The molecule has 1 saturated carbocycles. The number of rotatable bonds is 4. The molecule has 1 aliphatic carbocycles. The number of aliphatic hydroxyl groups is 1. The maximum atomic E-state index is 10.5. The molecule has 0 amide bonds. The van der Waals surface area contributed by atoms with Gasteiger partial charge in [-0.25, -0.2) is 0 Å². The first-order valence-corrected chi connectivity index (χ1v) is 7.83. The summed E-state index contributed by atoms with van der Waals surface area (Å²) in [6.07, 6.45) is 5.81. The molecule has 19 heavy (non-hydrogen) atoms. The van der Waals surface area contributed by atoms with E-state index in [4.69, 9.17) is 0 Å². The second kappa shape index (κ2) is 6.56. The monoisotopic (exact) mass is 260 g/mol. The average Bonchev–Trinajstić information content (AvgIpc) is 2.38. The zero-order chi connectivity index (χ0) is 13.8. The van der Waals surface area contributed by atoms with Crippen LogP contribution in [0, 0.1) is 17.8 Å². The van der Waals surface area contributed by atoms with Crippen LogP contribution >= 0.6 is 0 Å². The quantitative estimate of drug-likeness (QED) is 0.828. The zero-order valence-electron chi connectivity index (χ0n) is 12.6. The number of aliphatic hydroxyl groups excluding tert-OH is 1. The van der Waals surface area contributed by atoms with Crippen LogP contribution in [0.3, 0.4) is 0 Å². The van der Waals surface area contributed by atoms with Gasteiger partial charge in [-0.3, -0.25) is 0 Å². The third kappa shape index (κ3) is 4.07. The molecule has 0 aliphatic heterocycles. The van der Waals surface area contributed by atoms with E-state index in [2.05, 4.69) is 45.0 Å². The minimum Gasteiger partial charge on any atom is -0.388 e. The van der Waals surface area contributed by atoms with Crippen molar-refractivity contribution in [2.45, 2.75) is 59.0 Å². The summed E-state index contributed by atoms with van der Waals surface area (Å²) in [7, 11) is 0. The Hall–Kier alpha value is -0.820. The summed E-state index contributed by atoms with van der Waals surface area (Å²) in [5, 5.41) is 10.5. The van der Waals surface area contributed by atoms with Crippen LogP contribution in [0.5, 0.6) is 0 Å². The molecule has 1 aliphatic rings. The molecule has 1 nitrogen and oxygen atoms in total. The summed E-state index contributed by atoms with van der Waals surface area (Å²) in [5.41, 5.74) is 2.48. The number of benzene rings is 1. The van der Waals surface area contributed by atoms with Crippen molar-refractivity contribution in [3.8, 4) is 0 Å². The molecule has 2 rings (SSSR count). The van der Waals surface area contributed by atoms with Gasteiger partial charge in [0.1, 0.15) is 0 Å². The van der Waals surface area contributed by atoms with Crippen molar-refractivity contribution in [3.63, 3.8) is 0 Å². The molecular weight excluding hydrogens is 232 g/mol. The number of hydrogen-bond acceptors (Lipinski definition) is 1. The molecule has 3 unspecified atom stereocenters. The van der Waals surface area contributed by atoms with Crippen LogP contribution in [0.4, 0.5) is 0 Å². The minimum absolute atomic E-state index is 0.268. The lowest BCUT2D eigenvalue weighted by Crippen LogP contribution is -2.20. The summed E-state index contributed by atoms with van der Waals surface area (Å²) >= 11 is 0. The summed E-state index contributed by atoms with van der Waals surface area (Å²) in [4.78, 5) is 0. The predicted octanol–water partition coefficient (Wildman–Crippen LogP) is 4.74. The van der Waals surface area contributed by atoms with Gasteiger partial charge in [-0.1, -0.05) is 57.9 Å². The smallest absolute Gasteiger partial charge is 0.0818 e. The fourth-order valence-corrected chi connectivity index (χ4v) is 3.36. The molecule has 0 aromatic heterocycles. The molecule has 1 fully saturated rings. The lowest BCUT2D eigenvalue weighted by atomic mass is 9.78. The van der Waals surface area contributed by atoms with Crippen molar-refractivity contribution in [3.05, 3.63) is 35.4 Å². The molecule has 0 heterocycles. The molecule has 106 valence electrons. The van der Waals surface area contributed by atoms with E-state index in [9.17, 15) is 5.11 Å². The normalized spacial score (nSPS) is 25.5. The number of hydrogen-bond donors (Lipinski definition) is 1. The van der Waals surface area contributed by atoms with E-state index in [0.29, 0.717) is 11.8 Å². The Balaban J connectivity index is 2.00. The summed E-state index contributed by atoms with van der Waals surface area (Å²) in [5.74, 6) is 1.92. The van der Waals surface area contributed by atoms with E-state index in [1.54, 1.807) is 0 Å². The van der Waals surface area contributed by atoms with Crippen molar-refractivity contribution in [2.24, 2.45) is 17.8 Å². The first-order valence-electron chi connectivity index (χ1n) is 7.83. The van der Waals surface area contributed by atoms with Gasteiger partial charge >= 0.3 is 0 Å². The average molecular weight is 260 g/mol. The molecular formula is C18H28O. The first kappa shape index (κ1) is 14.6. The fraction of sp³-hybridized carbons (Fsp3) is 0.667. The van der Waals surface area contributed by atoms with E-state index < -0.39 is 0 Å². The Labute approximate surface area is 118 Å². The summed E-state index contributed by atoms with van der Waals surface area (Å²) < 4.78 is 0. The van der Waals surface area contributed by atoms with E-state index in [1.165, 1.54) is 31.2 Å². The Morgan fingerprint density at radius 2 is 1.84 bits per heavy atom. The van der Waals surface area contributed by atoms with E-state index in [0.717, 1.165) is 17.9 Å². The van der Waals surface area contributed by atoms with Gasteiger partial charge in [-0.2, -0.15) is 0 Å². The Morgan fingerprint density at radius 1 is 1.16 bits per heavy atom. The molecule has 0 radical (unpaired) electrons. The van der Waals surface area contributed by atoms with E-state index in [1.807, 2.05) is 0 Å². The molecule has 3 atom stereocenters.